The van der Waals surface area contributed by atoms with E-state index in [0.717, 1.165) is 19.3 Å². The number of allylic oxidation sites excluding steroid dienone is 2. The highest BCUT2D eigenvalue weighted by Gasteiger charge is 2.16. The highest BCUT2D eigenvalue weighted by molar-refractivity contribution is 6.17. The van der Waals surface area contributed by atoms with Gasteiger partial charge < -0.3 is 5.32 Å². The number of carbonyl (C=O) groups is 1. The molecule has 0 aliphatic rings. The zero-order valence-corrected chi connectivity index (χ0v) is 21.3. The minimum Gasteiger partial charge on any atom is -0.349 e. The largest absolute Gasteiger partial charge is 0.349 e. The minimum absolute atomic E-state index is 0.0873. The molecule has 0 saturated heterocycles. The Kier molecular flexibility index (Phi) is 15.5. The fourth-order valence-electron chi connectivity index (χ4n) is 4.09. The molecule has 0 fully saturated rings. The molecule has 0 bridgehead atoms. The summed E-state index contributed by atoms with van der Waals surface area (Å²) in [7, 11) is 0. The van der Waals surface area contributed by atoms with Gasteiger partial charge in [-0.3, -0.25) is 4.79 Å². The maximum Gasteiger partial charge on any atom is 0.220 e. The van der Waals surface area contributed by atoms with Crippen LogP contribution in [0.2, 0.25) is 0 Å². The summed E-state index contributed by atoms with van der Waals surface area (Å²) in [6.45, 7) is 8.65. The zero-order valence-electron chi connectivity index (χ0n) is 20.6. The van der Waals surface area contributed by atoms with Gasteiger partial charge in [-0.05, 0) is 74.6 Å². The molecule has 3 heteroatoms. The Morgan fingerprint density at radius 3 is 2.13 bits per heavy atom. The van der Waals surface area contributed by atoms with E-state index < -0.39 is 0 Å². The highest BCUT2D eigenvalue weighted by atomic mass is 35.5. The number of hydrogen-bond acceptors (Lipinski definition) is 1. The number of halogens is 1. The van der Waals surface area contributed by atoms with Crippen molar-refractivity contribution in [3.8, 4) is 0 Å². The van der Waals surface area contributed by atoms with Gasteiger partial charge in [0.1, 0.15) is 0 Å². The predicted molar refractivity (Wildman–Crippen MR) is 137 cm³/mol. The Morgan fingerprint density at radius 1 is 0.903 bits per heavy atom. The average Bonchev–Trinajstić information content (AvgIpc) is 2.77. The third-order valence-corrected chi connectivity index (χ3v) is 6.66. The van der Waals surface area contributed by atoms with Crippen molar-refractivity contribution in [2.24, 2.45) is 0 Å². The fourth-order valence-corrected chi connectivity index (χ4v) is 4.38. The van der Waals surface area contributed by atoms with E-state index in [2.05, 4.69) is 57.3 Å². The lowest BCUT2D eigenvalue weighted by Crippen LogP contribution is -2.28. The Bertz CT molecular complexity index is 653. The van der Waals surface area contributed by atoms with Crippen LogP contribution in [0.3, 0.4) is 0 Å². The Morgan fingerprint density at radius 2 is 1.52 bits per heavy atom. The third kappa shape index (κ3) is 11.2. The molecule has 1 amide bonds. The van der Waals surface area contributed by atoms with Gasteiger partial charge in [0.05, 0.1) is 6.04 Å². The van der Waals surface area contributed by atoms with Crippen LogP contribution >= 0.6 is 11.6 Å². The predicted octanol–water partition coefficient (Wildman–Crippen LogP) is 8.87. The molecular weight excluding hydrogens is 402 g/mol. The van der Waals surface area contributed by atoms with Gasteiger partial charge in [0.2, 0.25) is 5.91 Å². The summed E-state index contributed by atoms with van der Waals surface area (Å²) < 4.78 is 0. The molecule has 2 nitrogen and oxygen atoms in total. The molecule has 1 unspecified atom stereocenters. The molecule has 0 spiro atoms. The van der Waals surface area contributed by atoms with E-state index >= 15 is 0 Å². The summed E-state index contributed by atoms with van der Waals surface area (Å²) in [6, 6.07) is 4.32. The van der Waals surface area contributed by atoms with Gasteiger partial charge in [-0.2, -0.15) is 0 Å². The number of carbonyl (C=O) groups excluding carboxylic acids is 1. The number of alkyl halides is 1. The van der Waals surface area contributed by atoms with E-state index in [1.165, 1.54) is 80.0 Å². The SMILES string of the molecule is CCCCCC/C=C\CCCCCCCC(=O)NC(CC)c1ccc(CCl)c(C)c1C. The lowest BCUT2D eigenvalue weighted by molar-refractivity contribution is -0.122. The van der Waals surface area contributed by atoms with E-state index in [0.29, 0.717) is 12.3 Å². The van der Waals surface area contributed by atoms with Gasteiger partial charge in [0, 0.05) is 12.3 Å². The summed E-state index contributed by atoms with van der Waals surface area (Å²) in [5.74, 6) is 0.710. The topological polar surface area (TPSA) is 29.1 Å². The van der Waals surface area contributed by atoms with Gasteiger partial charge in [-0.25, -0.2) is 0 Å². The van der Waals surface area contributed by atoms with Gasteiger partial charge >= 0.3 is 0 Å². The lowest BCUT2D eigenvalue weighted by atomic mass is 9.93. The van der Waals surface area contributed by atoms with Crippen molar-refractivity contribution in [1.82, 2.24) is 5.32 Å². The molecule has 0 saturated carbocycles. The van der Waals surface area contributed by atoms with E-state index in [1.54, 1.807) is 0 Å². The molecule has 1 aromatic rings. The van der Waals surface area contributed by atoms with Gasteiger partial charge in [0.15, 0.2) is 0 Å². The molecule has 176 valence electrons. The standard InChI is InChI=1S/C28H46ClNO/c1-5-7-8-9-10-11-12-13-14-15-16-17-18-19-28(31)30-27(6-2)26-21-20-25(22-29)23(3)24(26)4/h11-12,20-21,27H,5-10,13-19,22H2,1-4H3,(H,30,31)/b12-11-. The molecule has 0 aliphatic heterocycles. The molecule has 0 aromatic heterocycles. The number of benzene rings is 1. The van der Waals surface area contributed by atoms with Crippen LogP contribution in [0.1, 0.15) is 126 Å². The molecule has 0 aliphatic carbocycles. The summed E-state index contributed by atoms with van der Waals surface area (Å²) in [6.07, 6.45) is 20.0. The van der Waals surface area contributed by atoms with Crippen molar-refractivity contribution >= 4 is 17.5 Å². The van der Waals surface area contributed by atoms with Crippen LogP contribution < -0.4 is 5.32 Å². The van der Waals surface area contributed by atoms with Crippen molar-refractivity contribution in [2.75, 3.05) is 0 Å². The Labute approximate surface area is 197 Å². The smallest absolute Gasteiger partial charge is 0.220 e. The van der Waals surface area contributed by atoms with E-state index in [-0.39, 0.29) is 11.9 Å². The normalized spacial score (nSPS) is 12.4. The first kappa shape index (κ1) is 27.8. The summed E-state index contributed by atoms with van der Waals surface area (Å²) in [5, 5.41) is 3.25. The highest BCUT2D eigenvalue weighted by Crippen LogP contribution is 2.26. The monoisotopic (exact) mass is 447 g/mol. The van der Waals surface area contributed by atoms with Gasteiger partial charge in [-0.15, -0.1) is 11.6 Å². The second-order valence-corrected chi connectivity index (χ2v) is 9.12. The van der Waals surface area contributed by atoms with E-state index in [9.17, 15) is 4.79 Å². The zero-order chi connectivity index (χ0) is 22.9. The van der Waals surface area contributed by atoms with Crippen LogP contribution in [0.15, 0.2) is 24.3 Å². The van der Waals surface area contributed by atoms with Crippen LogP contribution in [0.25, 0.3) is 0 Å². The van der Waals surface area contributed by atoms with Crippen LogP contribution in [-0.2, 0) is 10.7 Å². The maximum atomic E-state index is 12.5. The van der Waals surface area contributed by atoms with Crippen molar-refractivity contribution in [1.29, 1.82) is 0 Å². The second-order valence-electron chi connectivity index (χ2n) is 8.85. The number of nitrogens with one attached hydrogen (secondary N) is 1. The van der Waals surface area contributed by atoms with Crippen molar-refractivity contribution < 1.29 is 4.79 Å². The van der Waals surface area contributed by atoms with Crippen molar-refractivity contribution in [3.05, 3.63) is 46.5 Å². The molecule has 0 radical (unpaired) electrons. The molecular formula is C28H46ClNO. The summed E-state index contributed by atoms with van der Waals surface area (Å²) in [4.78, 5) is 12.5. The van der Waals surface area contributed by atoms with Crippen LogP contribution in [0.5, 0.6) is 0 Å². The number of rotatable bonds is 17. The first-order valence-electron chi connectivity index (χ1n) is 12.6. The molecule has 31 heavy (non-hydrogen) atoms. The molecule has 1 rings (SSSR count). The second kappa shape index (κ2) is 17.3. The van der Waals surface area contributed by atoms with Crippen LogP contribution in [0.4, 0.5) is 0 Å². The van der Waals surface area contributed by atoms with E-state index in [1.807, 2.05) is 0 Å². The summed E-state index contributed by atoms with van der Waals surface area (Å²) in [5.41, 5.74) is 4.89. The maximum absolute atomic E-state index is 12.5. The van der Waals surface area contributed by atoms with Crippen LogP contribution in [0, 0.1) is 13.8 Å². The average molecular weight is 448 g/mol. The molecule has 1 aromatic carbocycles. The number of amides is 1. The first-order chi connectivity index (χ1) is 15.0. The first-order valence-corrected chi connectivity index (χ1v) is 13.2. The minimum atomic E-state index is 0.0873. The van der Waals surface area contributed by atoms with Gasteiger partial charge in [0.25, 0.3) is 0 Å². The van der Waals surface area contributed by atoms with Crippen LogP contribution in [-0.4, -0.2) is 5.91 Å². The number of unbranched alkanes of at least 4 members (excludes halogenated alkanes) is 9. The lowest BCUT2D eigenvalue weighted by Gasteiger charge is -2.22. The summed E-state index contributed by atoms with van der Waals surface area (Å²) >= 11 is 6.03. The van der Waals surface area contributed by atoms with Gasteiger partial charge in [-0.1, -0.05) is 76.7 Å². The number of hydrogen-bond donors (Lipinski definition) is 1. The van der Waals surface area contributed by atoms with E-state index in [4.69, 9.17) is 11.6 Å². The van der Waals surface area contributed by atoms with Crippen molar-refractivity contribution in [3.63, 3.8) is 0 Å². The Hall–Kier alpha value is -1.28. The molecule has 0 heterocycles. The molecule has 1 atom stereocenters. The third-order valence-electron chi connectivity index (χ3n) is 6.37. The molecule has 1 N–H and O–H groups in total. The van der Waals surface area contributed by atoms with Crippen molar-refractivity contribution in [2.45, 2.75) is 123 Å². The fraction of sp³-hybridized carbons (Fsp3) is 0.679. The Balaban J connectivity index is 2.20. The quantitative estimate of drug-likeness (QED) is 0.144.